The Bertz CT molecular complexity index is 1580. The molecule has 3 heterocycles. The molecule has 0 saturated heterocycles. The molecular formula is C27H24N4O3S2. The van der Waals surface area contributed by atoms with Crippen molar-refractivity contribution in [3.63, 3.8) is 0 Å². The quantitative estimate of drug-likeness (QED) is 0.204. The molecular weight excluding hydrogens is 492 g/mol. The van der Waals surface area contributed by atoms with E-state index in [4.69, 9.17) is 4.74 Å². The lowest BCUT2D eigenvalue weighted by Gasteiger charge is -2.13. The molecule has 1 atom stereocenters. The Hall–Kier alpha value is -3.69. The number of carbonyl (C=O) groups is 2. The highest BCUT2D eigenvalue weighted by Gasteiger charge is 2.25. The van der Waals surface area contributed by atoms with Crippen molar-refractivity contribution in [2.75, 3.05) is 11.9 Å². The van der Waals surface area contributed by atoms with E-state index in [-0.39, 0.29) is 12.5 Å². The normalized spacial score (nSPS) is 12.1. The van der Waals surface area contributed by atoms with Gasteiger partial charge in [-0.25, -0.2) is 4.79 Å². The van der Waals surface area contributed by atoms with Gasteiger partial charge in [-0.3, -0.25) is 9.20 Å². The standard InChI is InChI=1S/C27H24N4O3S2/c1-4-34-26(33)23-20(18-10-6-5-7-11-18)15-35-25(23)28-24(32)17(3)36-27-30-29-22-14-16(2)19-12-8-9-13-21(19)31(22)27/h5-15,17H,4H2,1-3H3,(H,28,32). The van der Waals surface area contributed by atoms with Gasteiger partial charge in [0.2, 0.25) is 5.91 Å². The lowest BCUT2D eigenvalue weighted by atomic mass is 10.0. The average molecular weight is 517 g/mol. The summed E-state index contributed by atoms with van der Waals surface area (Å²) in [7, 11) is 0. The molecule has 3 aromatic heterocycles. The number of thiophene rings is 1. The van der Waals surface area contributed by atoms with Crippen LogP contribution >= 0.6 is 23.1 Å². The van der Waals surface area contributed by atoms with Crippen molar-refractivity contribution in [1.29, 1.82) is 0 Å². The molecule has 9 heteroatoms. The summed E-state index contributed by atoms with van der Waals surface area (Å²) < 4.78 is 7.28. The lowest BCUT2D eigenvalue weighted by molar-refractivity contribution is -0.115. The summed E-state index contributed by atoms with van der Waals surface area (Å²) >= 11 is 2.63. The number of rotatable bonds is 7. The number of hydrogen-bond donors (Lipinski definition) is 1. The number of benzene rings is 2. The maximum Gasteiger partial charge on any atom is 0.341 e. The highest BCUT2D eigenvalue weighted by Crippen LogP contribution is 2.37. The second-order valence-electron chi connectivity index (χ2n) is 8.21. The van der Waals surface area contributed by atoms with Gasteiger partial charge in [0, 0.05) is 16.3 Å². The molecule has 0 spiro atoms. The second kappa shape index (κ2) is 10.1. The van der Waals surface area contributed by atoms with E-state index in [0.29, 0.717) is 15.7 Å². The summed E-state index contributed by atoms with van der Waals surface area (Å²) in [6.45, 7) is 5.87. The minimum Gasteiger partial charge on any atom is -0.462 e. The number of carbonyl (C=O) groups excluding carboxylic acids is 2. The van der Waals surface area contributed by atoms with Crippen molar-refractivity contribution in [2.24, 2.45) is 0 Å². The number of ether oxygens (including phenoxy) is 1. The van der Waals surface area contributed by atoms with Crippen LogP contribution in [-0.2, 0) is 9.53 Å². The van der Waals surface area contributed by atoms with E-state index in [1.54, 1.807) is 6.92 Å². The van der Waals surface area contributed by atoms with E-state index in [9.17, 15) is 9.59 Å². The number of aromatic nitrogens is 3. The monoisotopic (exact) mass is 516 g/mol. The van der Waals surface area contributed by atoms with Gasteiger partial charge in [-0.1, -0.05) is 60.3 Å². The zero-order chi connectivity index (χ0) is 25.2. The van der Waals surface area contributed by atoms with E-state index in [1.165, 1.54) is 23.1 Å². The minimum absolute atomic E-state index is 0.236. The number of anilines is 1. The van der Waals surface area contributed by atoms with Crippen molar-refractivity contribution in [3.05, 3.63) is 77.2 Å². The van der Waals surface area contributed by atoms with E-state index >= 15 is 0 Å². The molecule has 2 aromatic carbocycles. The molecule has 1 amide bonds. The van der Waals surface area contributed by atoms with Gasteiger partial charge < -0.3 is 10.1 Å². The van der Waals surface area contributed by atoms with Gasteiger partial charge in [0.25, 0.3) is 0 Å². The molecule has 182 valence electrons. The van der Waals surface area contributed by atoms with Gasteiger partial charge in [0.05, 0.1) is 17.4 Å². The zero-order valence-electron chi connectivity index (χ0n) is 20.0. The van der Waals surface area contributed by atoms with Crippen LogP contribution < -0.4 is 5.32 Å². The molecule has 1 unspecified atom stereocenters. The van der Waals surface area contributed by atoms with Crippen LogP contribution in [0.4, 0.5) is 5.00 Å². The average Bonchev–Trinajstić information content (AvgIpc) is 3.49. The number of pyridine rings is 1. The fourth-order valence-electron chi connectivity index (χ4n) is 4.06. The number of esters is 1. The number of aryl methyl sites for hydroxylation is 1. The summed E-state index contributed by atoms with van der Waals surface area (Å²) in [6, 6.07) is 19.6. The zero-order valence-corrected chi connectivity index (χ0v) is 21.7. The smallest absolute Gasteiger partial charge is 0.341 e. The summed E-state index contributed by atoms with van der Waals surface area (Å²) in [6.07, 6.45) is 0. The maximum atomic E-state index is 13.2. The number of nitrogens with one attached hydrogen (secondary N) is 1. The minimum atomic E-state index is -0.491. The summed E-state index contributed by atoms with van der Waals surface area (Å²) in [5.41, 5.74) is 4.83. The predicted molar refractivity (Wildman–Crippen MR) is 145 cm³/mol. The molecule has 0 aliphatic heterocycles. The van der Waals surface area contributed by atoms with Gasteiger partial charge in [0.15, 0.2) is 10.8 Å². The number of fused-ring (bicyclic) bond motifs is 3. The van der Waals surface area contributed by atoms with E-state index in [2.05, 4.69) is 21.6 Å². The van der Waals surface area contributed by atoms with Crippen molar-refractivity contribution < 1.29 is 14.3 Å². The number of thioether (sulfide) groups is 1. The van der Waals surface area contributed by atoms with Crippen LogP contribution in [0.1, 0.15) is 29.8 Å². The fraction of sp³-hybridized carbons (Fsp3) is 0.185. The number of amides is 1. The largest absolute Gasteiger partial charge is 0.462 e. The van der Waals surface area contributed by atoms with Crippen LogP contribution in [0.25, 0.3) is 27.7 Å². The molecule has 5 rings (SSSR count). The Balaban J connectivity index is 1.43. The van der Waals surface area contributed by atoms with E-state index in [1.807, 2.05) is 78.2 Å². The topological polar surface area (TPSA) is 85.6 Å². The number of para-hydroxylation sites is 1. The molecule has 1 N–H and O–H groups in total. The van der Waals surface area contributed by atoms with Crippen LogP contribution in [0.5, 0.6) is 0 Å². The van der Waals surface area contributed by atoms with Crippen molar-refractivity contribution in [2.45, 2.75) is 31.2 Å². The lowest BCUT2D eigenvalue weighted by Crippen LogP contribution is -2.23. The molecule has 0 aliphatic rings. The Labute approximate surface area is 216 Å². The van der Waals surface area contributed by atoms with Crippen molar-refractivity contribution >= 4 is 56.5 Å². The third-order valence-corrected chi connectivity index (χ3v) is 7.76. The molecule has 0 saturated carbocycles. The number of nitrogens with zero attached hydrogens (tertiary/aromatic N) is 3. The summed E-state index contributed by atoms with van der Waals surface area (Å²) in [5.74, 6) is -0.696. The van der Waals surface area contributed by atoms with E-state index < -0.39 is 11.2 Å². The van der Waals surface area contributed by atoms with Crippen LogP contribution in [0.2, 0.25) is 0 Å². The highest BCUT2D eigenvalue weighted by atomic mass is 32.2. The molecule has 0 fully saturated rings. The van der Waals surface area contributed by atoms with Gasteiger partial charge in [-0.15, -0.1) is 21.5 Å². The molecule has 0 bridgehead atoms. The Kier molecular flexibility index (Phi) is 6.75. The Morgan fingerprint density at radius 3 is 2.64 bits per heavy atom. The van der Waals surface area contributed by atoms with Crippen molar-refractivity contribution in [1.82, 2.24) is 14.6 Å². The molecule has 5 aromatic rings. The van der Waals surface area contributed by atoms with Crippen LogP contribution in [-0.4, -0.2) is 38.3 Å². The van der Waals surface area contributed by atoms with Crippen LogP contribution in [0, 0.1) is 6.92 Å². The third kappa shape index (κ3) is 4.47. The first kappa shape index (κ1) is 24.0. The van der Waals surface area contributed by atoms with Gasteiger partial charge in [-0.2, -0.15) is 0 Å². The SMILES string of the molecule is CCOC(=O)c1c(-c2ccccc2)csc1NC(=O)C(C)Sc1nnc2cc(C)c3ccccc3n12. The van der Waals surface area contributed by atoms with Crippen molar-refractivity contribution in [3.8, 4) is 11.1 Å². The van der Waals surface area contributed by atoms with Gasteiger partial charge in [-0.05, 0) is 44.0 Å². The van der Waals surface area contributed by atoms with Gasteiger partial charge >= 0.3 is 5.97 Å². The first-order valence-corrected chi connectivity index (χ1v) is 13.3. The molecule has 36 heavy (non-hydrogen) atoms. The summed E-state index contributed by atoms with van der Waals surface area (Å²) in [5, 5.41) is 15.2. The highest BCUT2D eigenvalue weighted by molar-refractivity contribution is 8.00. The summed E-state index contributed by atoms with van der Waals surface area (Å²) in [4.78, 5) is 26.1. The first-order valence-electron chi connectivity index (χ1n) is 11.5. The van der Waals surface area contributed by atoms with Gasteiger partial charge in [0.1, 0.15) is 10.6 Å². The third-order valence-electron chi connectivity index (χ3n) is 5.82. The fourth-order valence-corrected chi connectivity index (χ4v) is 5.89. The number of hydrogen-bond acceptors (Lipinski definition) is 7. The molecule has 0 radical (unpaired) electrons. The van der Waals surface area contributed by atoms with Crippen LogP contribution in [0.3, 0.4) is 0 Å². The second-order valence-corrected chi connectivity index (χ2v) is 10.4. The van der Waals surface area contributed by atoms with E-state index in [0.717, 1.165) is 33.2 Å². The molecule has 7 nitrogen and oxygen atoms in total. The van der Waals surface area contributed by atoms with Crippen LogP contribution in [0.15, 0.2) is 71.2 Å². The Morgan fingerprint density at radius 2 is 1.86 bits per heavy atom. The maximum absolute atomic E-state index is 13.2. The first-order chi connectivity index (χ1) is 17.5. The molecule has 0 aliphatic carbocycles. The predicted octanol–water partition coefficient (Wildman–Crippen LogP) is 6.22. The Morgan fingerprint density at radius 1 is 1.11 bits per heavy atom.